The molecule has 1 heterocycles. The topological polar surface area (TPSA) is 102 Å². The highest BCUT2D eigenvalue weighted by Crippen LogP contribution is 2.75. The Hall–Kier alpha value is -2.16. The van der Waals surface area contributed by atoms with E-state index >= 15 is 0 Å². The van der Waals surface area contributed by atoms with E-state index in [1.807, 2.05) is 0 Å². The molecule has 2 amide bonds. The third kappa shape index (κ3) is 4.70. The smallest absolute Gasteiger partial charge is 0.354 e. The number of amides is 2. The van der Waals surface area contributed by atoms with E-state index in [0.717, 1.165) is 86.6 Å². The Morgan fingerprint density at radius 3 is 2.36 bits per heavy atom. The fraction of sp³-hybridized carbons (Fsp3) is 0.806. The Labute approximate surface area is 272 Å². The molecule has 0 aromatic heterocycles. The molecule has 4 saturated carbocycles. The average molecular weight is 641 g/mol. The molecular weight excluding hydrogens is 588 g/mol. The van der Waals surface area contributed by atoms with Gasteiger partial charge in [0.15, 0.2) is 0 Å². The molecule has 45 heavy (non-hydrogen) atoms. The third-order valence-corrected chi connectivity index (χ3v) is 15.3. The lowest BCUT2D eigenvalue weighted by atomic mass is 9.33. The van der Waals surface area contributed by atoms with Crippen LogP contribution in [0.15, 0.2) is 16.8 Å². The van der Waals surface area contributed by atoms with Crippen LogP contribution in [0.3, 0.4) is 0 Å². The molecule has 0 radical (unpaired) electrons. The van der Waals surface area contributed by atoms with Crippen molar-refractivity contribution in [3.8, 4) is 0 Å². The predicted molar refractivity (Wildman–Crippen MR) is 174 cm³/mol. The summed E-state index contributed by atoms with van der Waals surface area (Å²) in [6.07, 6.45) is 12.4. The van der Waals surface area contributed by atoms with E-state index in [0.29, 0.717) is 11.8 Å². The van der Waals surface area contributed by atoms with Gasteiger partial charge in [-0.25, -0.2) is 4.79 Å². The van der Waals surface area contributed by atoms with E-state index in [4.69, 9.17) is 9.57 Å². The normalized spacial score (nSPS) is 42.6. The summed E-state index contributed by atoms with van der Waals surface area (Å²) >= 11 is 0.905. The molecule has 6 rings (SSSR count). The standard InChI is InChI=1S/C36H52N2O6S/c1-31(2)15-17-36(29(41)43-8)18-16-34(6)22(23(36)19-31)9-10-25-33(5)13-12-26(32(3,4)24(33)11-14-35(25,34)7)37-44-28(40)20-38-27(39)21-45-30(38)42/h9,23-25H,10-21H2,1-8H3/b37-26-/t23-,24-,25-,33-,34+,35+,36-/m0/s1. The van der Waals surface area contributed by atoms with Gasteiger partial charge in [0.2, 0.25) is 5.91 Å². The summed E-state index contributed by atoms with van der Waals surface area (Å²) in [5.74, 6) is 0.105. The minimum absolute atomic E-state index is 0.00652. The Balaban J connectivity index is 1.27. The fourth-order valence-electron chi connectivity index (χ4n) is 11.6. The number of hydrogen-bond donors (Lipinski definition) is 0. The molecule has 9 heteroatoms. The van der Waals surface area contributed by atoms with E-state index in [-0.39, 0.29) is 50.6 Å². The van der Waals surface area contributed by atoms with Crippen LogP contribution in [0.25, 0.3) is 0 Å². The van der Waals surface area contributed by atoms with Crippen LogP contribution in [0.2, 0.25) is 0 Å². The summed E-state index contributed by atoms with van der Waals surface area (Å²) in [5, 5.41) is 3.98. The van der Waals surface area contributed by atoms with Gasteiger partial charge in [-0.3, -0.25) is 19.3 Å². The Morgan fingerprint density at radius 2 is 1.69 bits per heavy atom. The molecule has 0 N–H and O–H groups in total. The van der Waals surface area contributed by atoms with Gasteiger partial charge >= 0.3 is 11.9 Å². The van der Waals surface area contributed by atoms with Crippen molar-refractivity contribution in [3.05, 3.63) is 11.6 Å². The maximum Gasteiger partial charge on any atom is 0.354 e. The van der Waals surface area contributed by atoms with Crippen LogP contribution in [0, 0.1) is 50.2 Å². The number of fused-ring (bicyclic) bond motifs is 7. The minimum Gasteiger partial charge on any atom is -0.469 e. The second-order valence-corrected chi connectivity index (χ2v) is 18.0. The summed E-state index contributed by atoms with van der Waals surface area (Å²) in [5.41, 5.74) is 2.17. The number of ether oxygens (including phenoxy) is 1. The third-order valence-electron chi connectivity index (χ3n) is 14.4. The largest absolute Gasteiger partial charge is 0.469 e. The second-order valence-electron chi connectivity index (χ2n) is 17.1. The first kappa shape index (κ1) is 32.8. The van der Waals surface area contributed by atoms with Crippen molar-refractivity contribution >= 4 is 40.6 Å². The highest BCUT2D eigenvalue weighted by molar-refractivity contribution is 8.14. The second kappa shape index (κ2) is 10.7. The van der Waals surface area contributed by atoms with Crippen LogP contribution >= 0.6 is 11.8 Å². The van der Waals surface area contributed by atoms with Gasteiger partial charge in [-0.15, -0.1) is 0 Å². The van der Waals surface area contributed by atoms with E-state index < -0.39 is 23.2 Å². The maximum atomic E-state index is 13.5. The Kier molecular flexibility index (Phi) is 7.78. The molecule has 8 nitrogen and oxygen atoms in total. The van der Waals surface area contributed by atoms with Crippen LogP contribution in [0.5, 0.6) is 0 Å². The monoisotopic (exact) mass is 640 g/mol. The number of allylic oxidation sites excluding steroid dienone is 2. The number of carbonyl (C=O) groups excluding carboxylic acids is 4. The number of methoxy groups -OCH3 is 1. The van der Waals surface area contributed by atoms with Crippen molar-refractivity contribution in [1.82, 2.24) is 4.90 Å². The highest BCUT2D eigenvalue weighted by atomic mass is 32.2. The lowest BCUT2D eigenvalue weighted by molar-refractivity contribution is -0.181. The number of oxime groups is 1. The zero-order chi connectivity index (χ0) is 32.8. The van der Waals surface area contributed by atoms with Crippen LogP contribution in [0.4, 0.5) is 4.79 Å². The summed E-state index contributed by atoms with van der Waals surface area (Å²) < 4.78 is 5.52. The van der Waals surface area contributed by atoms with Crippen molar-refractivity contribution < 1.29 is 28.8 Å². The first-order valence-electron chi connectivity index (χ1n) is 17.0. The van der Waals surface area contributed by atoms with Gasteiger partial charge in [-0.05, 0) is 104 Å². The molecule has 5 fully saturated rings. The van der Waals surface area contributed by atoms with Crippen LogP contribution in [-0.4, -0.2) is 53.1 Å². The number of rotatable bonds is 4. The highest BCUT2D eigenvalue weighted by Gasteiger charge is 2.69. The molecule has 1 aliphatic heterocycles. The molecule has 5 aliphatic carbocycles. The van der Waals surface area contributed by atoms with E-state index in [1.165, 1.54) is 5.57 Å². The molecule has 1 saturated heterocycles. The van der Waals surface area contributed by atoms with Crippen LogP contribution in [-0.2, 0) is 24.0 Å². The predicted octanol–water partition coefficient (Wildman–Crippen LogP) is 7.56. The van der Waals surface area contributed by atoms with Crippen molar-refractivity contribution in [1.29, 1.82) is 0 Å². The van der Waals surface area contributed by atoms with E-state index in [2.05, 4.69) is 59.7 Å². The van der Waals surface area contributed by atoms with Crippen LogP contribution in [0.1, 0.15) is 113 Å². The van der Waals surface area contributed by atoms with Gasteiger partial charge in [0.1, 0.15) is 6.54 Å². The molecule has 0 unspecified atom stereocenters. The van der Waals surface area contributed by atoms with Gasteiger partial charge in [0.05, 0.1) is 24.0 Å². The zero-order valence-corrected chi connectivity index (χ0v) is 29.4. The molecule has 6 aliphatic rings. The van der Waals surface area contributed by atoms with Gasteiger partial charge < -0.3 is 9.57 Å². The number of esters is 1. The molecular formula is C36H52N2O6S. The van der Waals surface area contributed by atoms with Crippen molar-refractivity contribution in [2.75, 3.05) is 19.4 Å². The zero-order valence-electron chi connectivity index (χ0n) is 28.5. The first-order chi connectivity index (χ1) is 20.9. The van der Waals surface area contributed by atoms with Gasteiger partial charge in [0, 0.05) is 5.41 Å². The minimum atomic E-state index is -0.684. The average Bonchev–Trinajstić information content (AvgIpc) is 3.28. The SMILES string of the molecule is COC(=O)[C@]12CCC(C)(C)C[C@H]1C1=CC[C@H]3[C@@]4(C)CC/C(=N/OC(=O)CN5C(=O)CSC5=O)C(C)(C)[C@@H]4CC[C@@]3(C)[C@]1(C)CC2. The number of nitrogens with zero attached hydrogens (tertiary/aromatic N) is 2. The molecule has 248 valence electrons. The fourth-order valence-corrected chi connectivity index (χ4v) is 12.3. The quantitative estimate of drug-likeness (QED) is 0.135. The molecule has 0 aromatic rings. The summed E-state index contributed by atoms with van der Waals surface area (Å²) in [6.45, 7) is 16.4. The Bertz CT molecular complexity index is 1370. The molecule has 0 spiro atoms. The molecule has 0 aromatic carbocycles. The van der Waals surface area contributed by atoms with Crippen molar-refractivity contribution in [2.45, 2.75) is 113 Å². The lowest BCUT2D eigenvalue weighted by Crippen LogP contribution is -2.64. The number of hydrogen-bond acceptors (Lipinski definition) is 8. The number of imide groups is 1. The van der Waals surface area contributed by atoms with Crippen molar-refractivity contribution in [3.63, 3.8) is 0 Å². The van der Waals surface area contributed by atoms with Gasteiger partial charge in [0.25, 0.3) is 5.24 Å². The lowest BCUT2D eigenvalue weighted by Gasteiger charge is -2.70. The van der Waals surface area contributed by atoms with E-state index in [1.54, 1.807) is 7.11 Å². The first-order valence-corrected chi connectivity index (χ1v) is 18.0. The van der Waals surface area contributed by atoms with Gasteiger partial charge in [-0.2, -0.15) is 0 Å². The summed E-state index contributed by atoms with van der Waals surface area (Å²) in [6, 6.07) is 0. The molecule has 0 bridgehead atoms. The van der Waals surface area contributed by atoms with E-state index in [9.17, 15) is 19.2 Å². The maximum absolute atomic E-state index is 13.5. The summed E-state index contributed by atoms with van der Waals surface area (Å²) in [7, 11) is 1.56. The van der Waals surface area contributed by atoms with Crippen LogP contribution < -0.4 is 0 Å². The number of thioether (sulfide) groups is 1. The van der Waals surface area contributed by atoms with Crippen molar-refractivity contribution in [2.24, 2.45) is 55.4 Å². The Morgan fingerprint density at radius 1 is 0.978 bits per heavy atom. The molecule has 7 atom stereocenters. The summed E-state index contributed by atoms with van der Waals surface area (Å²) in [4.78, 5) is 56.3. The number of carbonyl (C=O) groups is 4. The van der Waals surface area contributed by atoms with Gasteiger partial charge in [-0.1, -0.05) is 77.0 Å².